The molecule has 2 saturated heterocycles. The fraction of sp³-hybridized carbons (Fsp3) is 0.391. The number of benzene rings is 2. The van der Waals surface area contributed by atoms with Crippen LogP contribution >= 0.6 is 0 Å². The van der Waals surface area contributed by atoms with E-state index in [0.29, 0.717) is 13.1 Å². The molecule has 0 bridgehead atoms. The van der Waals surface area contributed by atoms with Gasteiger partial charge < -0.3 is 10.2 Å². The fourth-order valence-corrected chi connectivity index (χ4v) is 4.10. The molecule has 28 heavy (non-hydrogen) atoms. The number of likely N-dealkylation sites (tertiary alicyclic amines) is 1. The number of carbonyl (C=O) groups is 2. The highest BCUT2D eigenvalue weighted by Gasteiger charge is 2.33. The van der Waals surface area contributed by atoms with Crippen LogP contribution in [0.15, 0.2) is 54.6 Å². The van der Waals surface area contributed by atoms with E-state index in [0.717, 1.165) is 38.0 Å². The molecule has 2 fully saturated rings. The smallest absolute Gasteiger partial charge is 0.237 e. The van der Waals surface area contributed by atoms with E-state index in [1.165, 1.54) is 11.1 Å². The first kappa shape index (κ1) is 18.7. The third-order valence-corrected chi connectivity index (χ3v) is 5.72. The van der Waals surface area contributed by atoms with Crippen LogP contribution in [0.4, 0.5) is 0 Å². The zero-order chi connectivity index (χ0) is 19.3. The number of hydrogen-bond acceptors (Lipinski definition) is 3. The molecule has 2 heterocycles. The van der Waals surface area contributed by atoms with Crippen molar-refractivity contribution < 1.29 is 9.59 Å². The molecular weight excluding hydrogens is 350 g/mol. The maximum atomic E-state index is 12.6. The maximum absolute atomic E-state index is 12.6. The van der Waals surface area contributed by atoms with Gasteiger partial charge >= 0.3 is 0 Å². The van der Waals surface area contributed by atoms with Crippen LogP contribution in [0.25, 0.3) is 11.1 Å². The average Bonchev–Trinajstić information content (AvgIpc) is 3.27. The molecule has 2 amide bonds. The standard InChI is InChI=1S/C23H27N3O2/c27-22(25-13-4-5-14-25)16-21-23(28)24-12-15-26(21)17-18-8-10-20(11-9-18)19-6-2-1-3-7-19/h1-3,6-11,21H,4-5,12-17H2,(H,24,28)/t21-/m0/s1. The quantitative estimate of drug-likeness (QED) is 0.872. The lowest BCUT2D eigenvalue weighted by atomic mass is 10.0. The van der Waals surface area contributed by atoms with Crippen molar-refractivity contribution in [3.63, 3.8) is 0 Å². The molecule has 2 aliphatic heterocycles. The Labute approximate surface area is 166 Å². The molecule has 0 aliphatic carbocycles. The molecule has 0 radical (unpaired) electrons. The number of piperazine rings is 1. The molecule has 5 nitrogen and oxygen atoms in total. The average molecular weight is 377 g/mol. The Kier molecular flexibility index (Phi) is 5.72. The van der Waals surface area contributed by atoms with Gasteiger partial charge in [-0.05, 0) is 29.5 Å². The first-order chi connectivity index (χ1) is 13.7. The minimum Gasteiger partial charge on any atom is -0.353 e. The number of amides is 2. The van der Waals surface area contributed by atoms with Crippen molar-refractivity contribution >= 4 is 11.8 Å². The summed E-state index contributed by atoms with van der Waals surface area (Å²) in [5, 5.41) is 2.92. The molecule has 0 unspecified atom stereocenters. The largest absolute Gasteiger partial charge is 0.353 e. The van der Waals surface area contributed by atoms with Gasteiger partial charge in [0, 0.05) is 32.7 Å². The molecule has 0 aromatic heterocycles. The molecule has 0 spiro atoms. The van der Waals surface area contributed by atoms with Crippen molar-refractivity contribution in [2.24, 2.45) is 0 Å². The van der Waals surface area contributed by atoms with Crippen molar-refractivity contribution in [1.82, 2.24) is 15.1 Å². The Morgan fingerprint density at radius 2 is 1.61 bits per heavy atom. The number of nitrogens with zero attached hydrogens (tertiary/aromatic N) is 2. The third kappa shape index (κ3) is 4.25. The van der Waals surface area contributed by atoms with E-state index in [1.807, 2.05) is 23.1 Å². The normalized spacial score (nSPS) is 20.2. The molecule has 0 saturated carbocycles. The lowest BCUT2D eigenvalue weighted by molar-refractivity contribution is -0.138. The summed E-state index contributed by atoms with van der Waals surface area (Å²) in [5.41, 5.74) is 3.54. The summed E-state index contributed by atoms with van der Waals surface area (Å²) in [5.74, 6) is 0.0729. The van der Waals surface area contributed by atoms with E-state index in [4.69, 9.17) is 0 Å². The van der Waals surface area contributed by atoms with Gasteiger partial charge in [0.2, 0.25) is 11.8 Å². The Balaban J connectivity index is 1.44. The Bertz CT molecular complexity index is 814. The zero-order valence-corrected chi connectivity index (χ0v) is 16.1. The summed E-state index contributed by atoms with van der Waals surface area (Å²) in [6, 6.07) is 18.4. The second-order valence-electron chi connectivity index (χ2n) is 7.63. The van der Waals surface area contributed by atoms with Crippen LogP contribution in [0.1, 0.15) is 24.8 Å². The van der Waals surface area contributed by atoms with Crippen LogP contribution < -0.4 is 5.32 Å². The predicted molar refractivity (Wildman–Crippen MR) is 110 cm³/mol. The second kappa shape index (κ2) is 8.57. The summed E-state index contributed by atoms with van der Waals surface area (Å²) in [7, 11) is 0. The lowest BCUT2D eigenvalue weighted by Crippen LogP contribution is -2.56. The van der Waals surface area contributed by atoms with Crippen LogP contribution in [-0.2, 0) is 16.1 Å². The topological polar surface area (TPSA) is 52.7 Å². The SMILES string of the molecule is O=C1NCCN(Cc2ccc(-c3ccccc3)cc2)[C@H]1CC(=O)N1CCCC1. The van der Waals surface area contributed by atoms with Gasteiger partial charge in [0.1, 0.15) is 0 Å². The van der Waals surface area contributed by atoms with Gasteiger partial charge in [-0.15, -0.1) is 0 Å². The van der Waals surface area contributed by atoms with Gasteiger partial charge in [0.25, 0.3) is 0 Å². The van der Waals surface area contributed by atoms with Gasteiger partial charge in [-0.1, -0.05) is 54.6 Å². The van der Waals surface area contributed by atoms with Crippen molar-refractivity contribution in [1.29, 1.82) is 0 Å². The van der Waals surface area contributed by atoms with Gasteiger partial charge in [0.05, 0.1) is 12.5 Å². The first-order valence-electron chi connectivity index (χ1n) is 10.1. The lowest BCUT2D eigenvalue weighted by Gasteiger charge is -2.35. The molecule has 1 N–H and O–H groups in total. The van der Waals surface area contributed by atoms with Gasteiger partial charge in [-0.25, -0.2) is 0 Å². The second-order valence-corrected chi connectivity index (χ2v) is 7.63. The van der Waals surface area contributed by atoms with E-state index in [1.54, 1.807) is 0 Å². The molecule has 146 valence electrons. The molecule has 2 aliphatic rings. The molecule has 2 aromatic rings. The highest BCUT2D eigenvalue weighted by Crippen LogP contribution is 2.21. The van der Waals surface area contributed by atoms with Crippen LogP contribution in [0.2, 0.25) is 0 Å². The van der Waals surface area contributed by atoms with E-state index >= 15 is 0 Å². The minimum absolute atomic E-state index is 0.0281. The summed E-state index contributed by atoms with van der Waals surface area (Å²) < 4.78 is 0. The van der Waals surface area contributed by atoms with Crippen molar-refractivity contribution in [3.05, 3.63) is 60.2 Å². The van der Waals surface area contributed by atoms with E-state index in [-0.39, 0.29) is 24.3 Å². The van der Waals surface area contributed by atoms with E-state index < -0.39 is 0 Å². The fourth-order valence-electron chi connectivity index (χ4n) is 4.10. The predicted octanol–water partition coefficient (Wildman–Crippen LogP) is 2.67. The summed E-state index contributed by atoms with van der Waals surface area (Å²) in [6.45, 7) is 3.74. The molecule has 5 heteroatoms. The van der Waals surface area contributed by atoms with Crippen LogP contribution in [0, 0.1) is 0 Å². The van der Waals surface area contributed by atoms with Crippen molar-refractivity contribution in [2.45, 2.75) is 31.8 Å². The van der Waals surface area contributed by atoms with E-state index in [2.05, 4.69) is 46.6 Å². The summed E-state index contributed by atoms with van der Waals surface area (Å²) in [6.07, 6.45) is 2.41. The van der Waals surface area contributed by atoms with Gasteiger partial charge in [-0.3, -0.25) is 14.5 Å². The number of nitrogens with one attached hydrogen (secondary N) is 1. The monoisotopic (exact) mass is 377 g/mol. The Hall–Kier alpha value is -2.66. The molecule has 1 atom stereocenters. The Morgan fingerprint density at radius 1 is 0.929 bits per heavy atom. The molecule has 2 aromatic carbocycles. The highest BCUT2D eigenvalue weighted by atomic mass is 16.2. The highest BCUT2D eigenvalue weighted by molar-refractivity contribution is 5.89. The van der Waals surface area contributed by atoms with Crippen LogP contribution in [0.5, 0.6) is 0 Å². The summed E-state index contributed by atoms with van der Waals surface area (Å²) in [4.78, 5) is 29.1. The minimum atomic E-state index is -0.379. The van der Waals surface area contributed by atoms with Crippen LogP contribution in [0.3, 0.4) is 0 Å². The van der Waals surface area contributed by atoms with Crippen molar-refractivity contribution in [2.75, 3.05) is 26.2 Å². The van der Waals surface area contributed by atoms with E-state index in [9.17, 15) is 9.59 Å². The number of hydrogen-bond donors (Lipinski definition) is 1. The molecule has 4 rings (SSSR count). The van der Waals surface area contributed by atoms with Crippen molar-refractivity contribution in [3.8, 4) is 11.1 Å². The number of carbonyl (C=O) groups excluding carboxylic acids is 2. The summed E-state index contributed by atoms with van der Waals surface area (Å²) >= 11 is 0. The third-order valence-electron chi connectivity index (χ3n) is 5.72. The first-order valence-corrected chi connectivity index (χ1v) is 10.1. The zero-order valence-electron chi connectivity index (χ0n) is 16.1. The van der Waals surface area contributed by atoms with Gasteiger partial charge in [0.15, 0.2) is 0 Å². The Morgan fingerprint density at radius 3 is 2.32 bits per heavy atom. The molecular formula is C23H27N3O2. The maximum Gasteiger partial charge on any atom is 0.237 e. The van der Waals surface area contributed by atoms with Crippen LogP contribution in [-0.4, -0.2) is 53.8 Å². The number of rotatable bonds is 5. The van der Waals surface area contributed by atoms with Gasteiger partial charge in [-0.2, -0.15) is 0 Å².